The third kappa shape index (κ3) is 8.59. The Morgan fingerprint density at radius 1 is 1.09 bits per heavy atom. The lowest BCUT2D eigenvalue weighted by Gasteiger charge is -2.42. The molecular weight excluding hydrogens is 606 g/mol. The minimum absolute atomic E-state index is 0.0405. The molecule has 0 aromatic rings. The van der Waals surface area contributed by atoms with Crippen LogP contribution in [0.3, 0.4) is 0 Å². The molecule has 1 amide bonds. The van der Waals surface area contributed by atoms with Gasteiger partial charge in [0.25, 0.3) is 11.7 Å². The van der Waals surface area contributed by atoms with E-state index in [4.69, 9.17) is 9.47 Å². The fraction of sp³-hybridized carbons (Fsp3) is 0.750. The van der Waals surface area contributed by atoms with Crippen LogP contribution in [0.4, 0.5) is 0 Å². The van der Waals surface area contributed by atoms with Gasteiger partial charge in [0.05, 0.1) is 18.5 Å². The third-order valence-electron chi connectivity index (χ3n) is 11.3. The Kier molecular flexibility index (Phi) is 12.6. The molecule has 11 heteroatoms. The summed E-state index contributed by atoms with van der Waals surface area (Å²) in [6.45, 7) is 7.47. The molecule has 0 radical (unpaired) electrons. The summed E-state index contributed by atoms with van der Waals surface area (Å²) in [5.74, 6) is -6.27. The van der Waals surface area contributed by atoms with Gasteiger partial charge in [-0.15, -0.1) is 0 Å². The normalized spacial score (nSPS) is 37.1. The number of Topliss-reactive ketones (excluding diaryl/α,β-unsaturated/α-hetero) is 2. The number of esters is 1. The van der Waals surface area contributed by atoms with Crippen molar-refractivity contribution in [2.45, 2.75) is 135 Å². The van der Waals surface area contributed by atoms with Crippen molar-refractivity contribution in [2.75, 3.05) is 6.54 Å². The van der Waals surface area contributed by atoms with Gasteiger partial charge in [-0.2, -0.15) is 0 Å². The number of likely N-dealkylation sites (tertiary alicyclic amines) is 1. The molecule has 0 aromatic carbocycles. The van der Waals surface area contributed by atoms with Crippen LogP contribution in [0, 0.1) is 29.6 Å². The summed E-state index contributed by atoms with van der Waals surface area (Å²) >= 11 is 0. The second-order valence-corrected chi connectivity index (χ2v) is 14.6. The molecule has 47 heavy (non-hydrogen) atoms. The minimum atomic E-state index is -2.36. The van der Waals surface area contributed by atoms with Crippen LogP contribution >= 0.6 is 0 Å². The predicted molar refractivity (Wildman–Crippen MR) is 172 cm³/mol. The standard InChI is InChI=1S/C36H53NO10/c1-21(12-14-38)22(2)16-28-10-8-24(4)36(45,47-28)33(42)34(43)37-13-6-5-7-29(37)35(44)46-32-19-31(41)27(20-39)18-26-17-25(15-23(32)3)9-11-30(26)40/h12,14,20,22-26,28-30,32,39-40,45H,5-11,13,15-19H2,1-4H3/b21-12+,27-20-/t22-,23+,24+,25?,26-,28-,29-,30+,32-,36+/m0/s1. The Bertz CT molecular complexity index is 1240. The smallest absolute Gasteiger partial charge is 0.329 e. The number of aliphatic hydroxyl groups excluding tert-OH is 2. The van der Waals surface area contributed by atoms with Gasteiger partial charge < -0.3 is 29.7 Å². The number of nitrogens with zero attached hydrogens (tertiary/aromatic N) is 1. The second kappa shape index (κ2) is 16.0. The maximum Gasteiger partial charge on any atom is 0.329 e. The van der Waals surface area contributed by atoms with Crippen LogP contribution in [0.2, 0.25) is 0 Å². The van der Waals surface area contributed by atoms with E-state index in [0.29, 0.717) is 57.7 Å². The molecule has 4 aliphatic rings. The molecule has 2 saturated carbocycles. The van der Waals surface area contributed by atoms with E-state index < -0.39 is 53.7 Å². The van der Waals surface area contributed by atoms with E-state index in [9.17, 15) is 39.3 Å². The molecule has 2 aliphatic carbocycles. The minimum Gasteiger partial charge on any atom is -0.515 e. The number of allylic oxidation sites excluding steroid dienone is 3. The molecule has 4 rings (SSSR count). The SMILES string of the molecule is C/C(=C\C=O)[C@@H](C)C[C@@H]1CC[C@@H](C)[C@](O)(C(=O)C(=O)N2CCCC[C@H]2C(=O)O[C@H]2CC(=O)/C(=C\O)C[C@@H]3CC(CC[C@H]3O)C[C@H]2C)O1. The largest absolute Gasteiger partial charge is 0.515 e. The lowest BCUT2D eigenvalue weighted by Crippen LogP contribution is -2.60. The fourth-order valence-electron chi connectivity index (χ4n) is 7.94. The summed E-state index contributed by atoms with van der Waals surface area (Å²) in [4.78, 5) is 66.6. The first-order valence-electron chi connectivity index (χ1n) is 17.4. The maximum absolute atomic E-state index is 13.8. The fourth-order valence-corrected chi connectivity index (χ4v) is 7.94. The Balaban J connectivity index is 1.48. The molecule has 0 spiro atoms. The number of piperidine rings is 1. The average molecular weight is 660 g/mol. The van der Waals surface area contributed by atoms with Crippen molar-refractivity contribution < 1.29 is 48.8 Å². The highest BCUT2D eigenvalue weighted by Gasteiger charge is 2.53. The van der Waals surface area contributed by atoms with Gasteiger partial charge in [-0.1, -0.05) is 26.3 Å². The van der Waals surface area contributed by atoms with Crippen LogP contribution in [0.1, 0.15) is 105 Å². The lowest BCUT2D eigenvalue weighted by atomic mass is 9.71. The van der Waals surface area contributed by atoms with Crippen molar-refractivity contribution in [2.24, 2.45) is 29.6 Å². The number of aliphatic hydroxyl groups is 3. The quantitative estimate of drug-likeness (QED) is 0.113. The van der Waals surface area contributed by atoms with E-state index in [-0.39, 0.29) is 60.8 Å². The molecule has 0 aromatic heterocycles. The van der Waals surface area contributed by atoms with Crippen LogP contribution in [-0.4, -0.2) is 86.6 Å². The van der Waals surface area contributed by atoms with Gasteiger partial charge in [0.15, 0.2) is 5.78 Å². The molecule has 2 bridgehead atoms. The highest BCUT2D eigenvalue weighted by Crippen LogP contribution is 2.40. The number of hydrogen-bond donors (Lipinski definition) is 3. The molecule has 2 saturated heterocycles. The number of amides is 1. The van der Waals surface area contributed by atoms with Gasteiger partial charge in [-0.3, -0.25) is 19.2 Å². The van der Waals surface area contributed by atoms with Crippen molar-refractivity contribution in [3.05, 3.63) is 23.5 Å². The van der Waals surface area contributed by atoms with Gasteiger partial charge in [0, 0.05) is 24.5 Å². The summed E-state index contributed by atoms with van der Waals surface area (Å²) in [6.07, 6.45) is 7.07. The van der Waals surface area contributed by atoms with E-state index in [2.05, 4.69) is 0 Å². The van der Waals surface area contributed by atoms with Gasteiger partial charge in [0.2, 0.25) is 5.79 Å². The summed E-state index contributed by atoms with van der Waals surface area (Å²) in [5.41, 5.74) is 1.04. The van der Waals surface area contributed by atoms with Gasteiger partial charge in [-0.25, -0.2) is 4.79 Å². The topological polar surface area (TPSA) is 168 Å². The van der Waals surface area contributed by atoms with Crippen molar-refractivity contribution in [3.63, 3.8) is 0 Å². The zero-order chi connectivity index (χ0) is 34.5. The summed E-state index contributed by atoms with van der Waals surface area (Å²) < 4.78 is 12.0. The Hall–Kier alpha value is -2.89. The van der Waals surface area contributed by atoms with E-state index in [0.717, 1.165) is 18.3 Å². The number of fused-ring (bicyclic) bond motifs is 2. The lowest BCUT2D eigenvalue weighted by molar-refractivity contribution is -0.264. The van der Waals surface area contributed by atoms with Gasteiger partial charge in [0.1, 0.15) is 18.4 Å². The summed E-state index contributed by atoms with van der Waals surface area (Å²) in [5, 5.41) is 31.9. The first kappa shape index (κ1) is 36.9. The van der Waals surface area contributed by atoms with Crippen molar-refractivity contribution >= 4 is 29.7 Å². The summed E-state index contributed by atoms with van der Waals surface area (Å²) in [6, 6.07) is -1.06. The Morgan fingerprint density at radius 3 is 2.53 bits per heavy atom. The molecule has 10 atom stereocenters. The molecule has 262 valence electrons. The zero-order valence-corrected chi connectivity index (χ0v) is 28.3. The van der Waals surface area contributed by atoms with Crippen LogP contribution in [0.25, 0.3) is 0 Å². The molecular formula is C36H53NO10. The number of hydrogen-bond acceptors (Lipinski definition) is 10. The molecule has 1 unspecified atom stereocenters. The predicted octanol–water partition coefficient (Wildman–Crippen LogP) is 4.13. The van der Waals surface area contributed by atoms with Crippen LogP contribution in [0.15, 0.2) is 23.5 Å². The molecule has 3 N–H and O–H groups in total. The van der Waals surface area contributed by atoms with Crippen molar-refractivity contribution in [1.82, 2.24) is 4.90 Å². The number of aldehydes is 1. The number of carbonyl (C=O) groups is 5. The molecule has 4 fully saturated rings. The van der Waals surface area contributed by atoms with Gasteiger partial charge in [-0.05, 0) is 107 Å². The first-order chi connectivity index (χ1) is 22.3. The molecule has 2 heterocycles. The number of rotatable bonds is 8. The van der Waals surface area contributed by atoms with Crippen molar-refractivity contribution in [3.8, 4) is 0 Å². The maximum atomic E-state index is 13.8. The van der Waals surface area contributed by atoms with E-state index in [1.54, 1.807) is 6.92 Å². The van der Waals surface area contributed by atoms with Crippen molar-refractivity contribution in [1.29, 1.82) is 0 Å². The number of ether oxygens (including phenoxy) is 2. The third-order valence-corrected chi connectivity index (χ3v) is 11.3. The summed E-state index contributed by atoms with van der Waals surface area (Å²) in [7, 11) is 0. The van der Waals surface area contributed by atoms with Crippen LogP contribution in [0.5, 0.6) is 0 Å². The average Bonchev–Trinajstić information content (AvgIpc) is 3.05. The molecule has 2 aliphatic heterocycles. The Morgan fingerprint density at radius 2 is 1.83 bits per heavy atom. The monoisotopic (exact) mass is 659 g/mol. The highest BCUT2D eigenvalue weighted by molar-refractivity contribution is 6.39. The second-order valence-electron chi connectivity index (χ2n) is 14.6. The molecule has 11 nitrogen and oxygen atoms in total. The first-order valence-corrected chi connectivity index (χ1v) is 17.4. The van der Waals surface area contributed by atoms with Crippen LogP contribution in [-0.2, 0) is 33.4 Å². The van der Waals surface area contributed by atoms with E-state index in [1.165, 1.54) is 11.0 Å². The Labute approximate surface area is 277 Å². The highest BCUT2D eigenvalue weighted by atomic mass is 16.6. The zero-order valence-electron chi connectivity index (χ0n) is 28.3. The number of ketones is 2. The van der Waals surface area contributed by atoms with Gasteiger partial charge >= 0.3 is 5.97 Å². The van der Waals surface area contributed by atoms with E-state index >= 15 is 0 Å². The van der Waals surface area contributed by atoms with Crippen LogP contribution < -0.4 is 0 Å². The van der Waals surface area contributed by atoms with E-state index in [1.807, 2.05) is 20.8 Å². The number of carbonyl (C=O) groups excluding carboxylic acids is 5.